The van der Waals surface area contributed by atoms with Gasteiger partial charge in [0.15, 0.2) is 0 Å². The third-order valence-electron chi connectivity index (χ3n) is 4.34. The molecule has 5 rings (SSSR count). The van der Waals surface area contributed by atoms with Crippen LogP contribution >= 0.6 is 0 Å². The zero-order valence-electron chi connectivity index (χ0n) is 15.0. The molecule has 1 aliphatic carbocycles. The fourth-order valence-corrected chi connectivity index (χ4v) is 3.24. The summed E-state index contributed by atoms with van der Waals surface area (Å²) >= 11 is 0. The maximum Gasteiger partial charge on any atom is 4.00 e. The molecular weight excluding hydrogens is 409 g/mol. The van der Waals surface area contributed by atoms with Gasteiger partial charge in [0.25, 0.3) is 0 Å². The number of aryl methyl sites for hydroxylation is 1. The number of nitrogens with zero attached hydrogens (tertiary/aromatic N) is 1. The van der Waals surface area contributed by atoms with Crippen molar-refractivity contribution < 1.29 is 46.5 Å². The molecule has 0 saturated heterocycles. The van der Waals surface area contributed by atoms with E-state index in [1.807, 2.05) is 12.2 Å². The largest absolute Gasteiger partial charge is 4.00 e. The molecule has 1 nitrogen and oxygen atoms in total. The number of aromatic nitrogens is 1. The first-order chi connectivity index (χ1) is 11.8. The number of para-hydroxylation sites is 1. The van der Waals surface area contributed by atoms with Gasteiger partial charge in [-0.05, 0) is 24.7 Å². The van der Waals surface area contributed by atoms with Gasteiger partial charge in [-0.3, -0.25) is 6.08 Å². The quantitative estimate of drug-likeness (QED) is 0.300. The monoisotopic (exact) mass is 427 g/mol. The molecule has 0 N–H and O–H groups in total. The van der Waals surface area contributed by atoms with E-state index in [-0.39, 0.29) is 46.5 Å². The van der Waals surface area contributed by atoms with Crippen molar-refractivity contribution in [3.63, 3.8) is 0 Å². The van der Waals surface area contributed by atoms with E-state index in [9.17, 15) is 0 Å². The molecule has 1 aliphatic rings. The zero-order valence-corrected chi connectivity index (χ0v) is 18.1. The molecule has 1 aromatic heterocycles. The standard InChI is InChI=1S/C18H14N.C5H5.2ClH.Ti/c1-13-10-16-8-4-5-9-18(16)19(13)17-11-14-6-2-3-7-15(14)12-17;1-2-4-5-3-1;;;/h2-12H,1H3;1-3H,4H2;2*1H;/q2*-1;;;+4/p-2. The van der Waals surface area contributed by atoms with Gasteiger partial charge in [0.2, 0.25) is 0 Å². The molecule has 0 spiro atoms. The van der Waals surface area contributed by atoms with E-state index in [1.54, 1.807) is 0 Å². The number of fused-ring (bicyclic) bond motifs is 2. The summed E-state index contributed by atoms with van der Waals surface area (Å²) in [5.41, 5.74) is 3.80. The summed E-state index contributed by atoms with van der Waals surface area (Å²) in [4.78, 5) is 0. The van der Waals surface area contributed by atoms with Gasteiger partial charge in [0.1, 0.15) is 0 Å². The Bertz CT molecular complexity index is 1010. The summed E-state index contributed by atoms with van der Waals surface area (Å²) in [6, 6.07) is 23.8. The summed E-state index contributed by atoms with van der Waals surface area (Å²) in [6.07, 6.45) is 10.0. The van der Waals surface area contributed by atoms with Crippen LogP contribution in [0.25, 0.3) is 27.4 Å². The van der Waals surface area contributed by atoms with Crippen LogP contribution in [0.2, 0.25) is 0 Å². The Labute approximate surface area is 187 Å². The average Bonchev–Trinajstić information content (AvgIpc) is 3.34. The zero-order chi connectivity index (χ0) is 16.4. The Kier molecular flexibility index (Phi) is 9.22. The molecule has 3 aromatic carbocycles. The molecular formula is C23H19Cl2NTi. The topological polar surface area (TPSA) is 4.93 Å². The molecule has 0 radical (unpaired) electrons. The normalized spacial score (nSPS) is 11.3. The van der Waals surface area contributed by atoms with E-state index in [4.69, 9.17) is 0 Å². The van der Waals surface area contributed by atoms with Crippen LogP contribution in [0.4, 0.5) is 0 Å². The maximum atomic E-state index is 2.99. The number of hydrogen-bond acceptors (Lipinski definition) is 0. The van der Waals surface area contributed by atoms with Crippen molar-refractivity contribution in [3.05, 3.63) is 96.7 Å². The third kappa shape index (κ3) is 5.00. The van der Waals surface area contributed by atoms with Crippen LogP contribution < -0.4 is 24.8 Å². The summed E-state index contributed by atoms with van der Waals surface area (Å²) in [5, 5.41) is 3.90. The van der Waals surface area contributed by atoms with Crippen LogP contribution in [0.3, 0.4) is 0 Å². The number of benzene rings is 2. The molecule has 0 fully saturated rings. The first-order valence-electron chi connectivity index (χ1n) is 8.27. The molecule has 0 aliphatic heterocycles. The van der Waals surface area contributed by atoms with Crippen molar-refractivity contribution in [1.82, 2.24) is 4.57 Å². The molecule has 4 heteroatoms. The summed E-state index contributed by atoms with van der Waals surface area (Å²) in [5.74, 6) is 0. The molecule has 0 saturated carbocycles. The van der Waals surface area contributed by atoms with E-state index in [2.05, 4.69) is 90.4 Å². The predicted molar refractivity (Wildman–Crippen MR) is 103 cm³/mol. The predicted octanol–water partition coefficient (Wildman–Crippen LogP) is 0.122. The number of hydrogen-bond donors (Lipinski definition) is 0. The second kappa shape index (κ2) is 10.6. The SMILES string of the molecule is Cc1cc2ccccc2n1-c1cc2ccccc2[cH-]1.[C-]1=CC=CC1.[Cl-].[Cl-].[Ti+4]. The average molecular weight is 428 g/mol. The van der Waals surface area contributed by atoms with Crippen LogP contribution in [0.15, 0.2) is 85.0 Å². The van der Waals surface area contributed by atoms with Crippen molar-refractivity contribution in [1.29, 1.82) is 0 Å². The molecule has 0 amide bonds. The van der Waals surface area contributed by atoms with Gasteiger partial charge in [-0.15, -0.1) is 47.5 Å². The third-order valence-corrected chi connectivity index (χ3v) is 4.34. The van der Waals surface area contributed by atoms with Crippen LogP contribution in [0, 0.1) is 13.0 Å². The van der Waals surface area contributed by atoms with Crippen molar-refractivity contribution in [3.8, 4) is 5.69 Å². The fourth-order valence-electron chi connectivity index (χ4n) is 3.24. The van der Waals surface area contributed by atoms with E-state index in [0.29, 0.717) is 0 Å². The summed E-state index contributed by atoms with van der Waals surface area (Å²) in [6.45, 7) is 2.16. The minimum absolute atomic E-state index is 0. The molecule has 0 atom stereocenters. The van der Waals surface area contributed by atoms with E-state index in [0.717, 1.165) is 6.42 Å². The molecule has 134 valence electrons. The van der Waals surface area contributed by atoms with Crippen LogP contribution in [0.1, 0.15) is 12.1 Å². The van der Waals surface area contributed by atoms with Gasteiger partial charge in [-0.25, -0.2) is 12.2 Å². The van der Waals surface area contributed by atoms with Gasteiger partial charge in [0.05, 0.1) is 5.52 Å². The van der Waals surface area contributed by atoms with Crippen molar-refractivity contribution in [2.24, 2.45) is 0 Å². The van der Waals surface area contributed by atoms with Gasteiger partial charge >= 0.3 is 21.7 Å². The smallest absolute Gasteiger partial charge is 1.00 e. The van der Waals surface area contributed by atoms with Gasteiger partial charge < -0.3 is 29.4 Å². The fraction of sp³-hybridized carbons (Fsp3) is 0.0870. The van der Waals surface area contributed by atoms with Crippen molar-refractivity contribution in [2.45, 2.75) is 13.3 Å². The molecule has 0 unspecified atom stereocenters. The van der Waals surface area contributed by atoms with E-state index in [1.165, 1.54) is 33.1 Å². The van der Waals surface area contributed by atoms with E-state index >= 15 is 0 Å². The molecule has 4 aromatic rings. The van der Waals surface area contributed by atoms with Gasteiger partial charge in [-0.1, -0.05) is 24.3 Å². The Morgan fingerprint density at radius 2 is 1.63 bits per heavy atom. The van der Waals surface area contributed by atoms with E-state index < -0.39 is 0 Å². The van der Waals surface area contributed by atoms with Gasteiger partial charge in [-0.2, -0.15) is 6.08 Å². The summed E-state index contributed by atoms with van der Waals surface area (Å²) in [7, 11) is 0. The number of allylic oxidation sites excluding steroid dienone is 4. The van der Waals surface area contributed by atoms with Crippen LogP contribution in [-0.4, -0.2) is 4.57 Å². The Hall–Kier alpha value is -1.64. The van der Waals surface area contributed by atoms with Crippen LogP contribution in [0.5, 0.6) is 0 Å². The maximum absolute atomic E-state index is 2.99. The number of rotatable bonds is 1. The van der Waals surface area contributed by atoms with Gasteiger partial charge in [0, 0.05) is 11.1 Å². The minimum Gasteiger partial charge on any atom is -1.00 e. The molecule has 0 bridgehead atoms. The Morgan fingerprint density at radius 1 is 0.926 bits per heavy atom. The first kappa shape index (κ1) is 23.4. The first-order valence-corrected chi connectivity index (χ1v) is 8.27. The van der Waals surface area contributed by atoms with Crippen LogP contribution in [-0.2, 0) is 21.7 Å². The summed E-state index contributed by atoms with van der Waals surface area (Å²) < 4.78 is 2.33. The molecule has 1 heterocycles. The minimum atomic E-state index is 0. The Morgan fingerprint density at radius 3 is 2.26 bits per heavy atom. The molecule has 27 heavy (non-hydrogen) atoms. The second-order valence-electron chi connectivity index (χ2n) is 6.03. The van der Waals surface area contributed by atoms with Crippen molar-refractivity contribution in [2.75, 3.05) is 0 Å². The number of halogens is 2. The van der Waals surface area contributed by atoms with Crippen molar-refractivity contribution >= 4 is 21.7 Å². The second-order valence-corrected chi connectivity index (χ2v) is 6.03. The Balaban J connectivity index is 0.000000402.